The Bertz CT molecular complexity index is 451. The van der Waals surface area contributed by atoms with Crippen LogP contribution in [0.1, 0.15) is 32.0 Å². The zero-order chi connectivity index (χ0) is 13.2. The molecule has 1 saturated carbocycles. The highest BCUT2D eigenvalue weighted by atomic mass is 16.5. The smallest absolute Gasteiger partial charge is 0.158 e. The van der Waals surface area contributed by atoms with Crippen LogP contribution in [-0.4, -0.2) is 36.2 Å². The SMILES string of the molecule is CCOCc1nc(NC)cc(N2CC3CCC2C3)n1. The summed E-state index contributed by atoms with van der Waals surface area (Å²) in [4.78, 5) is 11.6. The molecule has 2 fully saturated rings. The van der Waals surface area contributed by atoms with Gasteiger partial charge in [-0.3, -0.25) is 0 Å². The Balaban J connectivity index is 1.83. The normalized spacial score (nSPS) is 25.1. The molecule has 2 atom stereocenters. The molecule has 2 unspecified atom stereocenters. The highest BCUT2D eigenvalue weighted by Crippen LogP contribution is 2.39. The summed E-state index contributed by atoms with van der Waals surface area (Å²) in [6, 6.07) is 2.74. The van der Waals surface area contributed by atoms with Gasteiger partial charge in [0.2, 0.25) is 0 Å². The summed E-state index contributed by atoms with van der Waals surface area (Å²) < 4.78 is 5.43. The van der Waals surface area contributed by atoms with E-state index in [1.807, 2.05) is 14.0 Å². The summed E-state index contributed by atoms with van der Waals surface area (Å²) >= 11 is 0. The van der Waals surface area contributed by atoms with E-state index in [2.05, 4.69) is 26.3 Å². The number of hydrogen-bond donors (Lipinski definition) is 1. The number of fused-ring (bicyclic) bond motifs is 2. The number of nitrogens with zero attached hydrogens (tertiary/aromatic N) is 3. The maximum Gasteiger partial charge on any atom is 0.158 e. The Labute approximate surface area is 114 Å². The van der Waals surface area contributed by atoms with Crippen LogP contribution >= 0.6 is 0 Å². The molecule has 2 aliphatic rings. The van der Waals surface area contributed by atoms with E-state index >= 15 is 0 Å². The van der Waals surface area contributed by atoms with Crippen molar-refractivity contribution in [3.05, 3.63) is 11.9 Å². The molecule has 0 radical (unpaired) electrons. The van der Waals surface area contributed by atoms with Crippen LogP contribution in [0, 0.1) is 5.92 Å². The van der Waals surface area contributed by atoms with Crippen LogP contribution in [-0.2, 0) is 11.3 Å². The van der Waals surface area contributed by atoms with Crippen molar-refractivity contribution >= 4 is 11.6 Å². The van der Waals surface area contributed by atoms with E-state index in [0.29, 0.717) is 19.3 Å². The van der Waals surface area contributed by atoms with Gasteiger partial charge in [0, 0.05) is 32.3 Å². The lowest BCUT2D eigenvalue weighted by atomic mass is 10.1. The van der Waals surface area contributed by atoms with Gasteiger partial charge in [0.05, 0.1) is 0 Å². The first-order chi connectivity index (χ1) is 9.30. The van der Waals surface area contributed by atoms with Crippen molar-refractivity contribution in [2.45, 2.75) is 38.8 Å². The van der Waals surface area contributed by atoms with Gasteiger partial charge < -0.3 is 15.0 Å². The predicted octanol–water partition coefficient (Wildman–Crippen LogP) is 2.04. The van der Waals surface area contributed by atoms with Gasteiger partial charge in [-0.05, 0) is 32.1 Å². The third kappa shape index (κ3) is 2.52. The number of nitrogens with one attached hydrogen (secondary N) is 1. The summed E-state index contributed by atoms with van der Waals surface area (Å²) in [5.74, 6) is 3.57. The second kappa shape index (κ2) is 5.33. The first-order valence-corrected chi connectivity index (χ1v) is 7.20. The molecular formula is C14H22N4O. The molecule has 2 bridgehead atoms. The largest absolute Gasteiger partial charge is 0.374 e. The third-order valence-corrected chi connectivity index (χ3v) is 4.15. The highest BCUT2D eigenvalue weighted by molar-refractivity contribution is 5.51. The number of anilines is 2. The molecule has 1 aliphatic carbocycles. The average molecular weight is 262 g/mol. The van der Waals surface area contributed by atoms with E-state index in [-0.39, 0.29) is 0 Å². The molecule has 3 rings (SSSR count). The molecule has 19 heavy (non-hydrogen) atoms. The zero-order valence-electron chi connectivity index (χ0n) is 11.7. The van der Waals surface area contributed by atoms with E-state index in [1.54, 1.807) is 0 Å². The van der Waals surface area contributed by atoms with Crippen LogP contribution in [0.15, 0.2) is 6.07 Å². The van der Waals surface area contributed by atoms with Crippen molar-refractivity contribution in [1.29, 1.82) is 0 Å². The maximum absolute atomic E-state index is 5.43. The molecule has 1 N–H and O–H groups in total. The third-order valence-electron chi connectivity index (χ3n) is 4.15. The van der Waals surface area contributed by atoms with Gasteiger partial charge >= 0.3 is 0 Å². The molecule has 1 aromatic heterocycles. The molecule has 0 aromatic carbocycles. The van der Waals surface area contributed by atoms with E-state index in [4.69, 9.17) is 4.74 Å². The van der Waals surface area contributed by atoms with Gasteiger partial charge in [0.1, 0.15) is 18.2 Å². The molecule has 104 valence electrons. The first-order valence-electron chi connectivity index (χ1n) is 7.20. The number of hydrogen-bond acceptors (Lipinski definition) is 5. The van der Waals surface area contributed by atoms with Gasteiger partial charge in [-0.2, -0.15) is 0 Å². The van der Waals surface area contributed by atoms with Crippen LogP contribution in [0.5, 0.6) is 0 Å². The number of rotatable bonds is 5. The Morgan fingerprint density at radius 1 is 1.42 bits per heavy atom. The summed E-state index contributed by atoms with van der Waals surface area (Å²) in [6.07, 6.45) is 4.03. The summed E-state index contributed by atoms with van der Waals surface area (Å²) in [5, 5.41) is 3.12. The fraction of sp³-hybridized carbons (Fsp3) is 0.714. The second-order valence-corrected chi connectivity index (χ2v) is 5.40. The van der Waals surface area contributed by atoms with Gasteiger partial charge in [-0.25, -0.2) is 9.97 Å². The Morgan fingerprint density at radius 2 is 2.32 bits per heavy atom. The minimum absolute atomic E-state index is 0.487. The molecule has 1 aliphatic heterocycles. The molecule has 2 heterocycles. The number of aromatic nitrogens is 2. The quantitative estimate of drug-likeness (QED) is 0.880. The van der Waals surface area contributed by atoms with Crippen molar-refractivity contribution in [2.75, 3.05) is 30.4 Å². The fourth-order valence-electron chi connectivity index (χ4n) is 3.22. The number of ether oxygens (including phenoxy) is 1. The van der Waals surface area contributed by atoms with E-state index in [1.165, 1.54) is 19.3 Å². The molecular weight excluding hydrogens is 240 g/mol. The second-order valence-electron chi connectivity index (χ2n) is 5.40. The van der Waals surface area contributed by atoms with Gasteiger partial charge in [0.15, 0.2) is 5.82 Å². The van der Waals surface area contributed by atoms with Crippen LogP contribution in [0.25, 0.3) is 0 Å². The summed E-state index contributed by atoms with van der Waals surface area (Å²) in [6.45, 7) is 4.32. The maximum atomic E-state index is 5.43. The van der Waals surface area contributed by atoms with E-state index in [9.17, 15) is 0 Å². The minimum atomic E-state index is 0.487. The molecule has 0 spiro atoms. The van der Waals surface area contributed by atoms with E-state index in [0.717, 1.165) is 29.9 Å². The van der Waals surface area contributed by atoms with Crippen LogP contribution in [0.2, 0.25) is 0 Å². The Kier molecular flexibility index (Phi) is 3.55. The van der Waals surface area contributed by atoms with Crippen molar-refractivity contribution in [3.8, 4) is 0 Å². The standard InChI is InChI=1S/C14H22N4O/c1-3-19-9-13-16-12(15-2)7-14(17-13)18-8-10-4-5-11(18)6-10/h7,10-11H,3-6,8-9H2,1-2H3,(H,15,16,17). The molecule has 1 saturated heterocycles. The molecule has 1 aromatic rings. The topological polar surface area (TPSA) is 50.3 Å². The van der Waals surface area contributed by atoms with Crippen LogP contribution < -0.4 is 10.2 Å². The van der Waals surface area contributed by atoms with Crippen molar-refractivity contribution in [2.24, 2.45) is 5.92 Å². The van der Waals surface area contributed by atoms with Crippen LogP contribution in [0.4, 0.5) is 11.6 Å². The van der Waals surface area contributed by atoms with Crippen molar-refractivity contribution in [1.82, 2.24) is 9.97 Å². The average Bonchev–Trinajstić information content (AvgIpc) is 3.07. The first kappa shape index (κ1) is 12.7. The molecule has 0 amide bonds. The van der Waals surface area contributed by atoms with Crippen LogP contribution in [0.3, 0.4) is 0 Å². The van der Waals surface area contributed by atoms with Gasteiger partial charge in [-0.15, -0.1) is 0 Å². The lowest BCUT2D eigenvalue weighted by Gasteiger charge is -2.28. The minimum Gasteiger partial charge on any atom is -0.374 e. The highest BCUT2D eigenvalue weighted by Gasteiger charge is 2.38. The fourth-order valence-corrected chi connectivity index (χ4v) is 3.22. The lowest BCUT2D eigenvalue weighted by Crippen LogP contribution is -2.33. The van der Waals surface area contributed by atoms with Gasteiger partial charge in [-0.1, -0.05) is 0 Å². The van der Waals surface area contributed by atoms with Gasteiger partial charge in [0.25, 0.3) is 0 Å². The number of piperidine rings is 1. The zero-order valence-corrected chi connectivity index (χ0v) is 11.7. The molecule has 5 heteroatoms. The summed E-state index contributed by atoms with van der Waals surface area (Å²) in [5.41, 5.74) is 0. The lowest BCUT2D eigenvalue weighted by molar-refractivity contribution is 0.128. The molecule has 5 nitrogen and oxygen atoms in total. The predicted molar refractivity (Wildman–Crippen MR) is 75.4 cm³/mol. The van der Waals surface area contributed by atoms with E-state index < -0.39 is 0 Å². The monoisotopic (exact) mass is 262 g/mol. The summed E-state index contributed by atoms with van der Waals surface area (Å²) in [7, 11) is 1.90. The Morgan fingerprint density at radius 3 is 2.95 bits per heavy atom. The Hall–Kier alpha value is -1.36. The van der Waals surface area contributed by atoms with Crippen molar-refractivity contribution < 1.29 is 4.74 Å². The van der Waals surface area contributed by atoms with Crippen molar-refractivity contribution in [3.63, 3.8) is 0 Å².